The van der Waals surface area contributed by atoms with E-state index in [1.807, 2.05) is 38.1 Å². The number of carbonyl (C=O) groups excluding carboxylic acids is 1. The highest BCUT2D eigenvalue weighted by Gasteiger charge is 2.28. The molecule has 0 bridgehead atoms. The van der Waals surface area contributed by atoms with Crippen LogP contribution in [0.15, 0.2) is 24.3 Å². The first-order chi connectivity index (χ1) is 11.7. The van der Waals surface area contributed by atoms with Gasteiger partial charge in [0.15, 0.2) is 0 Å². The summed E-state index contributed by atoms with van der Waals surface area (Å²) in [5.74, 6) is -0.142. The molecule has 0 radical (unpaired) electrons. The van der Waals surface area contributed by atoms with Crippen LogP contribution in [0.4, 0.5) is 5.69 Å². The van der Waals surface area contributed by atoms with Crippen LogP contribution >= 0.6 is 11.6 Å². The lowest BCUT2D eigenvalue weighted by molar-refractivity contribution is -0.132. The number of benzene rings is 1. The first kappa shape index (κ1) is 20.0. The Morgan fingerprint density at radius 1 is 1.28 bits per heavy atom. The minimum Gasteiger partial charge on any atom is -0.368 e. The van der Waals surface area contributed by atoms with Crippen LogP contribution in [0, 0.1) is 0 Å². The molecule has 2 rings (SSSR count). The summed E-state index contributed by atoms with van der Waals surface area (Å²) in [6, 6.07) is 7.46. The fourth-order valence-corrected chi connectivity index (χ4v) is 4.26. The van der Waals surface area contributed by atoms with Gasteiger partial charge in [-0.15, -0.1) is 0 Å². The highest BCUT2D eigenvalue weighted by molar-refractivity contribution is 7.88. The molecule has 0 aromatic heterocycles. The molecule has 1 aromatic rings. The molecule has 0 aliphatic carbocycles. The number of sulfonamides is 1. The van der Waals surface area contributed by atoms with Crippen molar-refractivity contribution < 1.29 is 13.2 Å². The molecule has 25 heavy (non-hydrogen) atoms. The molecule has 1 atom stereocenters. The average molecular weight is 388 g/mol. The van der Waals surface area contributed by atoms with Crippen LogP contribution in [0.5, 0.6) is 0 Å². The van der Waals surface area contributed by atoms with Gasteiger partial charge in [-0.2, -0.15) is 4.31 Å². The normalized spacial score (nSPS) is 17.0. The third-order valence-electron chi connectivity index (χ3n) is 4.61. The largest absolute Gasteiger partial charge is 0.368 e. The maximum atomic E-state index is 12.6. The van der Waals surface area contributed by atoms with Crippen molar-refractivity contribution in [3.05, 3.63) is 29.3 Å². The molecule has 1 saturated heterocycles. The fraction of sp³-hybridized carbons (Fsp3) is 0.588. The Kier molecular flexibility index (Phi) is 6.71. The second kappa shape index (κ2) is 8.38. The van der Waals surface area contributed by atoms with Crippen molar-refractivity contribution in [1.29, 1.82) is 0 Å². The van der Waals surface area contributed by atoms with Crippen molar-refractivity contribution in [1.82, 2.24) is 9.21 Å². The van der Waals surface area contributed by atoms with E-state index in [9.17, 15) is 13.2 Å². The molecule has 8 heteroatoms. The van der Waals surface area contributed by atoms with E-state index in [1.165, 1.54) is 4.31 Å². The summed E-state index contributed by atoms with van der Waals surface area (Å²) >= 11 is 6.03. The van der Waals surface area contributed by atoms with Crippen molar-refractivity contribution in [2.24, 2.45) is 0 Å². The van der Waals surface area contributed by atoms with E-state index in [1.54, 1.807) is 4.90 Å². The first-order valence-corrected chi connectivity index (χ1v) is 10.7. The number of amides is 1. The van der Waals surface area contributed by atoms with Crippen molar-refractivity contribution in [3.8, 4) is 0 Å². The summed E-state index contributed by atoms with van der Waals surface area (Å²) < 4.78 is 25.2. The van der Waals surface area contributed by atoms with E-state index in [0.717, 1.165) is 11.9 Å². The van der Waals surface area contributed by atoms with Gasteiger partial charge in [-0.05, 0) is 31.5 Å². The Balaban J connectivity index is 1.96. The lowest BCUT2D eigenvalue weighted by Crippen LogP contribution is -2.52. The minimum atomic E-state index is -3.41. The zero-order valence-corrected chi connectivity index (χ0v) is 16.6. The first-order valence-electron chi connectivity index (χ1n) is 8.47. The summed E-state index contributed by atoms with van der Waals surface area (Å²) in [5, 5.41) is 0.688. The molecule has 1 amide bonds. The number of halogens is 1. The van der Waals surface area contributed by atoms with E-state index < -0.39 is 10.0 Å². The van der Waals surface area contributed by atoms with Gasteiger partial charge in [-0.25, -0.2) is 8.42 Å². The monoisotopic (exact) mass is 387 g/mol. The van der Waals surface area contributed by atoms with Gasteiger partial charge >= 0.3 is 0 Å². The molecule has 1 aliphatic rings. The molecule has 1 aliphatic heterocycles. The van der Waals surface area contributed by atoms with E-state index in [0.29, 0.717) is 37.6 Å². The molecule has 6 nitrogen and oxygen atoms in total. The number of piperazine rings is 1. The molecule has 1 fully saturated rings. The topological polar surface area (TPSA) is 60.9 Å². The van der Waals surface area contributed by atoms with Crippen LogP contribution in [0.1, 0.15) is 20.3 Å². The predicted octanol–water partition coefficient (Wildman–Crippen LogP) is 2.05. The number of hydrogen-bond donors (Lipinski definition) is 0. The molecule has 140 valence electrons. The number of carbonyl (C=O) groups is 1. The standard InChI is InChI=1S/C17H26ClN3O3S/c1-4-14(2)21(25(3,23)24)13-17(22)20-10-8-19(9-11-20)16-7-5-6-15(18)12-16/h5-7,12,14H,4,8-11,13H2,1-3H3. The lowest BCUT2D eigenvalue weighted by Gasteiger charge is -2.37. The highest BCUT2D eigenvalue weighted by Crippen LogP contribution is 2.21. The summed E-state index contributed by atoms with van der Waals surface area (Å²) in [7, 11) is -3.41. The van der Waals surface area contributed by atoms with Crippen LogP contribution in [-0.2, 0) is 14.8 Å². The third kappa shape index (κ3) is 5.33. The van der Waals surface area contributed by atoms with E-state index >= 15 is 0 Å². The van der Waals surface area contributed by atoms with E-state index in [4.69, 9.17) is 11.6 Å². The molecule has 0 spiro atoms. The van der Waals surface area contributed by atoms with Crippen molar-refractivity contribution in [2.45, 2.75) is 26.3 Å². The zero-order chi connectivity index (χ0) is 18.6. The minimum absolute atomic E-state index is 0.0923. The molecular weight excluding hydrogens is 362 g/mol. The van der Waals surface area contributed by atoms with E-state index in [2.05, 4.69) is 4.90 Å². The Bertz CT molecular complexity index is 703. The van der Waals surface area contributed by atoms with Crippen LogP contribution in [0.25, 0.3) is 0 Å². The van der Waals surface area contributed by atoms with Gasteiger partial charge in [0.1, 0.15) is 0 Å². The molecule has 1 aromatic carbocycles. The maximum absolute atomic E-state index is 12.6. The molecule has 0 saturated carbocycles. The smallest absolute Gasteiger partial charge is 0.238 e. The summed E-state index contributed by atoms with van der Waals surface area (Å²) in [5.41, 5.74) is 1.04. The third-order valence-corrected chi connectivity index (χ3v) is 6.18. The van der Waals surface area contributed by atoms with Crippen LogP contribution in [-0.4, -0.2) is 68.6 Å². The maximum Gasteiger partial charge on any atom is 0.238 e. The Hall–Kier alpha value is -1.31. The number of anilines is 1. The SMILES string of the molecule is CCC(C)N(CC(=O)N1CCN(c2cccc(Cl)c2)CC1)S(C)(=O)=O. The molecule has 1 heterocycles. The highest BCUT2D eigenvalue weighted by atomic mass is 35.5. The number of nitrogens with zero attached hydrogens (tertiary/aromatic N) is 3. The zero-order valence-electron chi connectivity index (χ0n) is 15.0. The summed E-state index contributed by atoms with van der Waals surface area (Å²) in [4.78, 5) is 16.5. The van der Waals surface area contributed by atoms with Crippen LogP contribution in [0.2, 0.25) is 5.02 Å². The number of rotatable bonds is 6. The van der Waals surface area contributed by atoms with Crippen LogP contribution in [0.3, 0.4) is 0 Å². The predicted molar refractivity (Wildman–Crippen MR) is 102 cm³/mol. The Labute approximate surface area is 155 Å². The summed E-state index contributed by atoms with van der Waals surface area (Å²) in [6.07, 6.45) is 1.83. The fourth-order valence-electron chi connectivity index (χ4n) is 2.92. The van der Waals surface area contributed by atoms with E-state index in [-0.39, 0.29) is 18.5 Å². The van der Waals surface area contributed by atoms with Gasteiger partial charge in [0.25, 0.3) is 0 Å². The second-order valence-corrected chi connectivity index (χ2v) is 8.78. The Morgan fingerprint density at radius 3 is 2.44 bits per heavy atom. The molecule has 0 N–H and O–H groups in total. The average Bonchev–Trinajstić information content (AvgIpc) is 2.58. The quantitative estimate of drug-likeness (QED) is 0.749. The summed E-state index contributed by atoms with van der Waals surface area (Å²) in [6.45, 7) is 6.20. The molecular formula is C17H26ClN3O3S. The van der Waals surface area contributed by atoms with Gasteiger partial charge in [-0.3, -0.25) is 4.79 Å². The second-order valence-electron chi connectivity index (χ2n) is 6.41. The Morgan fingerprint density at radius 2 is 1.92 bits per heavy atom. The van der Waals surface area contributed by atoms with Crippen LogP contribution < -0.4 is 4.90 Å². The van der Waals surface area contributed by atoms with Gasteiger partial charge in [-0.1, -0.05) is 24.6 Å². The van der Waals surface area contributed by atoms with Gasteiger partial charge in [0.05, 0.1) is 12.8 Å². The molecule has 1 unspecified atom stereocenters. The van der Waals surface area contributed by atoms with Crippen molar-refractivity contribution >= 4 is 33.2 Å². The number of hydrogen-bond acceptors (Lipinski definition) is 4. The lowest BCUT2D eigenvalue weighted by atomic mass is 10.2. The van der Waals surface area contributed by atoms with Crippen molar-refractivity contribution in [3.63, 3.8) is 0 Å². The van der Waals surface area contributed by atoms with Gasteiger partial charge in [0, 0.05) is 42.9 Å². The van der Waals surface area contributed by atoms with Gasteiger partial charge < -0.3 is 9.80 Å². The van der Waals surface area contributed by atoms with Gasteiger partial charge in [0.2, 0.25) is 15.9 Å². The van der Waals surface area contributed by atoms with Crippen molar-refractivity contribution in [2.75, 3.05) is 43.9 Å².